The van der Waals surface area contributed by atoms with Crippen LogP contribution in [0.2, 0.25) is 0 Å². The number of ether oxygens (including phenoxy) is 1. The van der Waals surface area contributed by atoms with E-state index < -0.39 is 17.0 Å². The zero-order valence-electron chi connectivity index (χ0n) is 14.5. The summed E-state index contributed by atoms with van der Waals surface area (Å²) in [6.45, 7) is 0.302. The van der Waals surface area contributed by atoms with E-state index in [4.69, 9.17) is 4.74 Å². The number of methoxy groups -OCH3 is 1. The number of nitro groups is 1. The van der Waals surface area contributed by atoms with Gasteiger partial charge < -0.3 is 20.3 Å². The van der Waals surface area contributed by atoms with E-state index in [2.05, 4.69) is 10.6 Å². The van der Waals surface area contributed by atoms with Gasteiger partial charge in [0, 0.05) is 30.8 Å². The molecule has 1 aliphatic rings. The van der Waals surface area contributed by atoms with Crippen LogP contribution in [0.15, 0.2) is 48.5 Å². The molecule has 2 aromatic rings. The Bertz CT molecular complexity index is 886. The summed E-state index contributed by atoms with van der Waals surface area (Å²) in [7, 11) is 1.54. The number of amides is 3. The number of rotatable bonds is 5. The Morgan fingerprint density at radius 1 is 1.26 bits per heavy atom. The summed E-state index contributed by atoms with van der Waals surface area (Å²) in [5, 5.41) is 16.2. The lowest BCUT2D eigenvalue weighted by Gasteiger charge is -2.18. The van der Waals surface area contributed by atoms with E-state index in [0.717, 1.165) is 0 Å². The number of hydrogen-bond donors (Lipinski definition) is 2. The summed E-state index contributed by atoms with van der Waals surface area (Å²) in [6.07, 6.45) is 0.140. The highest BCUT2D eigenvalue weighted by molar-refractivity contribution is 5.98. The molecule has 0 bridgehead atoms. The van der Waals surface area contributed by atoms with Gasteiger partial charge in [-0.1, -0.05) is 18.2 Å². The first-order valence-electron chi connectivity index (χ1n) is 8.23. The third kappa shape index (κ3) is 4.14. The van der Waals surface area contributed by atoms with Crippen LogP contribution >= 0.6 is 0 Å². The van der Waals surface area contributed by atoms with Crippen molar-refractivity contribution in [2.75, 3.05) is 23.9 Å². The molecule has 1 saturated heterocycles. The zero-order valence-corrected chi connectivity index (χ0v) is 14.5. The number of benzene rings is 2. The van der Waals surface area contributed by atoms with Gasteiger partial charge in [-0.05, 0) is 18.2 Å². The van der Waals surface area contributed by atoms with Gasteiger partial charge in [-0.3, -0.25) is 14.9 Å². The highest BCUT2D eigenvalue weighted by Gasteiger charge is 2.32. The number of nitrogens with zero attached hydrogens (tertiary/aromatic N) is 2. The lowest BCUT2D eigenvalue weighted by atomic mass is 10.2. The second-order valence-electron chi connectivity index (χ2n) is 5.98. The van der Waals surface area contributed by atoms with Gasteiger partial charge in [0.2, 0.25) is 5.91 Å². The predicted molar refractivity (Wildman–Crippen MR) is 99.0 cm³/mol. The molecule has 2 aromatic carbocycles. The molecule has 0 aromatic heterocycles. The van der Waals surface area contributed by atoms with Gasteiger partial charge in [0.1, 0.15) is 11.4 Å². The summed E-state index contributed by atoms with van der Waals surface area (Å²) in [4.78, 5) is 36.5. The monoisotopic (exact) mass is 370 g/mol. The van der Waals surface area contributed by atoms with Crippen molar-refractivity contribution in [3.05, 3.63) is 58.6 Å². The molecule has 1 aliphatic heterocycles. The number of nitro benzene ring substituents is 1. The molecule has 1 unspecified atom stereocenters. The Balaban J connectivity index is 1.64. The molecule has 3 amide bonds. The van der Waals surface area contributed by atoms with Crippen molar-refractivity contribution < 1.29 is 19.2 Å². The van der Waals surface area contributed by atoms with E-state index in [1.807, 2.05) is 0 Å². The predicted octanol–water partition coefficient (Wildman–Crippen LogP) is 2.53. The van der Waals surface area contributed by atoms with Gasteiger partial charge in [-0.25, -0.2) is 4.79 Å². The van der Waals surface area contributed by atoms with Crippen molar-refractivity contribution in [3.8, 4) is 5.75 Å². The molecule has 1 fully saturated rings. The first-order chi connectivity index (χ1) is 13.0. The lowest BCUT2D eigenvalue weighted by molar-refractivity contribution is -0.383. The molecule has 9 nitrogen and oxygen atoms in total. The Kier molecular flexibility index (Phi) is 5.20. The van der Waals surface area contributed by atoms with Crippen LogP contribution in [0.25, 0.3) is 0 Å². The molecule has 140 valence electrons. The number of para-hydroxylation sites is 2. The normalized spacial score (nSPS) is 16.1. The summed E-state index contributed by atoms with van der Waals surface area (Å²) in [5.41, 5.74) is 0.574. The average molecular weight is 370 g/mol. The molecule has 0 saturated carbocycles. The Morgan fingerprint density at radius 3 is 2.78 bits per heavy atom. The fourth-order valence-electron chi connectivity index (χ4n) is 2.91. The van der Waals surface area contributed by atoms with E-state index in [0.29, 0.717) is 18.0 Å². The molecule has 3 rings (SSSR count). The van der Waals surface area contributed by atoms with Gasteiger partial charge >= 0.3 is 6.03 Å². The van der Waals surface area contributed by atoms with Gasteiger partial charge in [0.25, 0.3) is 5.69 Å². The van der Waals surface area contributed by atoms with Gasteiger partial charge in [-0.2, -0.15) is 0 Å². The van der Waals surface area contributed by atoms with Crippen molar-refractivity contribution in [1.29, 1.82) is 0 Å². The highest BCUT2D eigenvalue weighted by atomic mass is 16.6. The molecule has 27 heavy (non-hydrogen) atoms. The minimum atomic E-state index is -0.602. The third-order valence-corrected chi connectivity index (χ3v) is 4.17. The summed E-state index contributed by atoms with van der Waals surface area (Å²) < 4.78 is 5.17. The molecule has 0 aliphatic carbocycles. The number of carbonyl (C=O) groups excluding carboxylic acids is 2. The van der Waals surface area contributed by atoms with Crippen LogP contribution in [0.3, 0.4) is 0 Å². The average Bonchev–Trinajstić information content (AvgIpc) is 3.02. The molecular weight excluding hydrogens is 352 g/mol. The maximum Gasteiger partial charge on any atom is 0.319 e. The van der Waals surface area contributed by atoms with Crippen molar-refractivity contribution in [2.24, 2.45) is 0 Å². The number of anilines is 2. The second-order valence-corrected chi connectivity index (χ2v) is 5.98. The van der Waals surface area contributed by atoms with Crippen molar-refractivity contribution in [2.45, 2.75) is 12.5 Å². The van der Waals surface area contributed by atoms with Gasteiger partial charge in [0.05, 0.1) is 18.1 Å². The quantitative estimate of drug-likeness (QED) is 0.620. The first kappa shape index (κ1) is 18.2. The lowest BCUT2D eigenvalue weighted by Crippen LogP contribution is -2.39. The summed E-state index contributed by atoms with van der Waals surface area (Å²) in [6, 6.07) is 11.9. The minimum absolute atomic E-state index is 0.0916. The Morgan fingerprint density at radius 2 is 2.04 bits per heavy atom. The van der Waals surface area contributed by atoms with Crippen LogP contribution in [-0.4, -0.2) is 36.6 Å². The van der Waals surface area contributed by atoms with E-state index in [-0.39, 0.29) is 23.7 Å². The minimum Gasteiger partial charge on any atom is -0.497 e. The van der Waals surface area contributed by atoms with E-state index in [1.54, 1.807) is 42.3 Å². The standard InChI is InChI=1S/C18H18N4O5/c1-27-14-6-4-5-13(10-14)21-11-12(9-17(21)23)19-18(24)20-15-7-2-3-8-16(15)22(25)26/h2-8,10,12H,9,11H2,1H3,(H2,19,20,24). The summed E-state index contributed by atoms with van der Waals surface area (Å²) >= 11 is 0. The SMILES string of the molecule is COc1cccc(N2CC(NC(=O)Nc3ccccc3[N+](=O)[O-])CC2=O)c1. The molecule has 9 heteroatoms. The van der Waals surface area contributed by atoms with Crippen LogP contribution in [0.5, 0.6) is 5.75 Å². The zero-order chi connectivity index (χ0) is 19.4. The van der Waals surface area contributed by atoms with Gasteiger partial charge in [-0.15, -0.1) is 0 Å². The van der Waals surface area contributed by atoms with Crippen LogP contribution in [-0.2, 0) is 4.79 Å². The summed E-state index contributed by atoms with van der Waals surface area (Å²) in [5.74, 6) is 0.505. The number of urea groups is 1. The fourth-order valence-corrected chi connectivity index (χ4v) is 2.91. The third-order valence-electron chi connectivity index (χ3n) is 4.17. The van der Waals surface area contributed by atoms with Crippen molar-refractivity contribution in [3.63, 3.8) is 0 Å². The van der Waals surface area contributed by atoms with E-state index in [1.165, 1.54) is 18.2 Å². The van der Waals surface area contributed by atoms with Crippen LogP contribution < -0.4 is 20.3 Å². The van der Waals surface area contributed by atoms with E-state index in [9.17, 15) is 19.7 Å². The van der Waals surface area contributed by atoms with Crippen LogP contribution in [0.1, 0.15) is 6.42 Å². The molecule has 0 radical (unpaired) electrons. The Labute approximate surface area is 155 Å². The van der Waals surface area contributed by atoms with Crippen LogP contribution in [0.4, 0.5) is 21.9 Å². The van der Waals surface area contributed by atoms with Crippen molar-refractivity contribution in [1.82, 2.24) is 5.32 Å². The highest BCUT2D eigenvalue weighted by Crippen LogP contribution is 2.26. The Hall–Kier alpha value is -3.62. The van der Waals surface area contributed by atoms with Crippen molar-refractivity contribution >= 4 is 29.0 Å². The second kappa shape index (κ2) is 7.73. The molecular formula is C18H18N4O5. The first-order valence-corrected chi connectivity index (χ1v) is 8.23. The van der Waals surface area contributed by atoms with Gasteiger partial charge in [0.15, 0.2) is 0 Å². The maximum absolute atomic E-state index is 12.3. The molecule has 2 N–H and O–H groups in total. The molecule has 0 spiro atoms. The number of nitrogens with one attached hydrogen (secondary N) is 2. The maximum atomic E-state index is 12.3. The van der Waals surface area contributed by atoms with E-state index >= 15 is 0 Å². The number of carbonyl (C=O) groups is 2. The largest absolute Gasteiger partial charge is 0.497 e. The fraction of sp³-hybridized carbons (Fsp3) is 0.222. The number of hydrogen-bond acceptors (Lipinski definition) is 5. The smallest absolute Gasteiger partial charge is 0.319 e. The molecule has 1 atom stereocenters. The topological polar surface area (TPSA) is 114 Å². The molecule has 1 heterocycles. The van der Waals surface area contributed by atoms with Crippen LogP contribution in [0, 0.1) is 10.1 Å².